The number of hydrogen-bond donors (Lipinski definition) is 4. The zero-order chi connectivity index (χ0) is 20.1. The van der Waals surface area contributed by atoms with Crippen molar-refractivity contribution in [1.82, 2.24) is 16.2 Å². The summed E-state index contributed by atoms with van der Waals surface area (Å²) >= 11 is 6.12. The van der Waals surface area contributed by atoms with Gasteiger partial charge in [0, 0.05) is 10.6 Å². The third kappa shape index (κ3) is 4.63. The lowest BCUT2D eigenvalue weighted by atomic mass is 10.0. The number of benzene rings is 2. The van der Waals surface area contributed by atoms with Crippen LogP contribution in [-0.4, -0.2) is 24.6 Å². The normalized spacial score (nSPS) is 12.8. The second-order valence-electron chi connectivity index (χ2n) is 5.86. The summed E-state index contributed by atoms with van der Waals surface area (Å²) in [5, 5.41) is 2.84. The van der Waals surface area contributed by atoms with Gasteiger partial charge in [0.25, 0.3) is 5.91 Å². The van der Waals surface area contributed by atoms with Crippen LogP contribution in [0.3, 0.4) is 0 Å². The van der Waals surface area contributed by atoms with Gasteiger partial charge in [-0.15, -0.1) is 0 Å². The molecule has 0 unspecified atom stereocenters. The molecule has 0 bridgehead atoms. The topological polar surface area (TPSA) is 132 Å². The zero-order valence-electron chi connectivity index (χ0n) is 14.5. The van der Waals surface area contributed by atoms with E-state index in [1.165, 1.54) is 12.1 Å². The number of nitrogens with two attached hydrogens (primary N) is 1. The molecule has 0 saturated carbocycles. The van der Waals surface area contributed by atoms with Gasteiger partial charge >= 0.3 is 6.03 Å². The maximum absolute atomic E-state index is 12.2. The van der Waals surface area contributed by atoms with E-state index in [0.29, 0.717) is 22.1 Å². The number of nitrogens with one attached hydrogen (secondary N) is 3. The molecule has 0 aliphatic carbocycles. The Balaban J connectivity index is 1.60. The molecule has 1 heterocycles. The van der Waals surface area contributed by atoms with Crippen molar-refractivity contribution in [3.63, 3.8) is 0 Å². The Morgan fingerprint density at radius 1 is 1.07 bits per heavy atom. The van der Waals surface area contributed by atoms with E-state index in [1.54, 1.807) is 30.3 Å². The molecular formula is C18H17ClN4O5. The summed E-state index contributed by atoms with van der Waals surface area (Å²) in [6.07, 6.45) is -0.186. The van der Waals surface area contributed by atoms with Gasteiger partial charge in [0.1, 0.15) is 0 Å². The van der Waals surface area contributed by atoms with Crippen molar-refractivity contribution in [3.05, 3.63) is 58.6 Å². The summed E-state index contributed by atoms with van der Waals surface area (Å²) in [5.74, 6) is -0.0966. The fraction of sp³-hybridized carbons (Fsp3) is 0.167. The molecule has 10 heteroatoms. The number of fused-ring (bicyclic) bond motifs is 1. The molecule has 5 N–H and O–H groups in total. The number of rotatable bonds is 5. The number of ether oxygens (including phenoxy) is 2. The summed E-state index contributed by atoms with van der Waals surface area (Å²) in [7, 11) is 0. The summed E-state index contributed by atoms with van der Waals surface area (Å²) in [6, 6.07) is 9.82. The molecule has 3 rings (SSSR count). The van der Waals surface area contributed by atoms with Crippen LogP contribution in [0.5, 0.6) is 11.5 Å². The van der Waals surface area contributed by atoms with Gasteiger partial charge in [-0.3, -0.25) is 20.4 Å². The highest BCUT2D eigenvalue weighted by Gasteiger charge is 2.21. The first-order valence-electron chi connectivity index (χ1n) is 8.23. The Morgan fingerprint density at radius 2 is 1.82 bits per heavy atom. The van der Waals surface area contributed by atoms with Crippen molar-refractivity contribution < 1.29 is 23.9 Å². The van der Waals surface area contributed by atoms with Crippen LogP contribution in [0.2, 0.25) is 5.02 Å². The van der Waals surface area contributed by atoms with Crippen molar-refractivity contribution in [3.8, 4) is 11.5 Å². The molecule has 9 nitrogen and oxygen atoms in total. The quantitative estimate of drug-likeness (QED) is 0.562. The van der Waals surface area contributed by atoms with Crippen molar-refractivity contribution in [1.29, 1.82) is 0 Å². The second-order valence-corrected chi connectivity index (χ2v) is 6.26. The minimum Gasteiger partial charge on any atom is -0.454 e. The molecule has 4 amide bonds. The Labute approximate surface area is 165 Å². The average molecular weight is 405 g/mol. The van der Waals surface area contributed by atoms with Crippen LogP contribution in [0, 0.1) is 0 Å². The van der Waals surface area contributed by atoms with Crippen LogP contribution in [0.4, 0.5) is 4.79 Å². The first-order valence-corrected chi connectivity index (χ1v) is 8.61. The van der Waals surface area contributed by atoms with Gasteiger partial charge in [0.15, 0.2) is 11.5 Å². The molecular weight excluding hydrogens is 388 g/mol. The van der Waals surface area contributed by atoms with Crippen LogP contribution in [0.25, 0.3) is 0 Å². The first kappa shape index (κ1) is 19.3. The predicted octanol–water partition coefficient (Wildman–Crippen LogP) is 1.63. The molecule has 0 saturated heterocycles. The van der Waals surface area contributed by atoms with E-state index < -0.39 is 23.9 Å². The highest BCUT2D eigenvalue weighted by Crippen LogP contribution is 2.32. The number of carbonyl (C=O) groups is 3. The van der Waals surface area contributed by atoms with Crippen LogP contribution in [0.1, 0.15) is 28.4 Å². The van der Waals surface area contributed by atoms with Crippen LogP contribution in [-0.2, 0) is 4.79 Å². The Bertz CT molecular complexity index is 921. The maximum Gasteiger partial charge on any atom is 0.312 e. The Hall–Kier alpha value is -3.46. The smallest absolute Gasteiger partial charge is 0.312 e. The highest BCUT2D eigenvalue weighted by atomic mass is 35.5. The molecule has 1 aliphatic rings. The average Bonchev–Trinajstić information content (AvgIpc) is 3.13. The minimum absolute atomic E-state index is 0.0907. The van der Waals surface area contributed by atoms with Gasteiger partial charge in [0.2, 0.25) is 12.7 Å². The molecule has 2 aromatic carbocycles. The Morgan fingerprint density at radius 3 is 2.57 bits per heavy atom. The van der Waals surface area contributed by atoms with Crippen molar-refractivity contribution >= 4 is 29.4 Å². The van der Waals surface area contributed by atoms with E-state index in [9.17, 15) is 14.4 Å². The Kier molecular flexibility index (Phi) is 5.85. The third-order valence-corrected chi connectivity index (χ3v) is 4.28. The molecule has 1 atom stereocenters. The van der Waals surface area contributed by atoms with E-state index in [4.69, 9.17) is 26.8 Å². The molecule has 0 spiro atoms. The SMILES string of the molecule is NC(=O)N[C@@H](CC(=O)NNC(=O)c1ccc2c(c1)OCO2)c1ccccc1Cl. The second kappa shape index (κ2) is 8.49. The molecule has 0 radical (unpaired) electrons. The number of primary amides is 1. The molecule has 146 valence electrons. The number of carbonyl (C=O) groups excluding carboxylic acids is 3. The van der Waals surface area contributed by atoms with Gasteiger partial charge in [-0.2, -0.15) is 0 Å². The summed E-state index contributed by atoms with van der Waals surface area (Å²) in [6.45, 7) is 0.0907. The van der Waals surface area contributed by atoms with Gasteiger partial charge in [-0.25, -0.2) is 4.79 Å². The number of hydrazine groups is 1. The predicted molar refractivity (Wildman–Crippen MR) is 99.7 cm³/mol. The largest absolute Gasteiger partial charge is 0.454 e. The maximum atomic E-state index is 12.2. The summed E-state index contributed by atoms with van der Waals surface area (Å²) in [5.41, 5.74) is 10.6. The van der Waals surface area contributed by atoms with E-state index in [0.717, 1.165) is 0 Å². The molecule has 1 aliphatic heterocycles. The highest BCUT2D eigenvalue weighted by molar-refractivity contribution is 6.31. The molecule has 2 aromatic rings. The van der Waals surface area contributed by atoms with Crippen LogP contribution >= 0.6 is 11.6 Å². The van der Waals surface area contributed by atoms with Gasteiger partial charge < -0.3 is 20.5 Å². The van der Waals surface area contributed by atoms with E-state index in [2.05, 4.69) is 16.2 Å². The molecule has 0 fully saturated rings. The molecule has 28 heavy (non-hydrogen) atoms. The monoisotopic (exact) mass is 404 g/mol. The van der Waals surface area contributed by atoms with Gasteiger partial charge in [-0.05, 0) is 29.8 Å². The summed E-state index contributed by atoms with van der Waals surface area (Å²) in [4.78, 5) is 35.7. The van der Waals surface area contributed by atoms with Crippen LogP contribution in [0.15, 0.2) is 42.5 Å². The lowest BCUT2D eigenvalue weighted by Crippen LogP contribution is -2.44. The molecule has 0 aromatic heterocycles. The minimum atomic E-state index is -0.804. The standard InChI is InChI=1S/C18H17ClN4O5/c19-12-4-2-1-3-11(12)13(21-18(20)26)8-16(24)22-23-17(25)10-5-6-14-15(7-10)28-9-27-14/h1-7,13H,8-9H2,(H,22,24)(H,23,25)(H3,20,21,26)/t13-/m0/s1. The van der Waals surface area contributed by atoms with Crippen molar-refractivity contribution in [2.24, 2.45) is 5.73 Å². The summed E-state index contributed by atoms with van der Waals surface area (Å²) < 4.78 is 10.4. The van der Waals surface area contributed by atoms with E-state index >= 15 is 0 Å². The van der Waals surface area contributed by atoms with Crippen molar-refractivity contribution in [2.75, 3.05) is 6.79 Å². The lowest BCUT2D eigenvalue weighted by Gasteiger charge is -2.19. The van der Waals surface area contributed by atoms with E-state index in [1.807, 2.05) is 0 Å². The number of amides is 4. The number of halogens is 1. The van der Waals surface area contributed by atoms with Crippen molar-refractivity contribution in [2.45, 2.75) is 12.5 Å². The number of urea groups is 1. The zero-order valence-corrected chi connectivity index (χ0v) is 15.3. The number of hydrogen-bond acceptors (Lipinski definition) is 5. The fourth-order valence-electron chi connectivity index (χ4n) is 2.64. The van der Waals surface area contributed by atoms with Crippen LogP contribution < -0.4 is 31.4 Å². The fourth-order valence-corrected chi connectivity index (χ4v) is 2.91. The third-order valence-electron chi connectivity index (χ3n) is 3.94. The van der Waals surface area contributed by atoms with Gasteiger partial charge in [0.05, 0.1) is 12.5 Å². The first-order chi connectivity index (χ1) is 13.4. The van der Waals surface area contributed by atoms with Gasteiger partial charge in [-0.1, -0.05) is 29.8 Å². The van der Waals surface area contributed by atoms with E-state index in [-0.39, 0.29) is 18.8 Å². The lowest BCUT2D eigenvalue weighted by molar-refractivity contribution is -0.122.